The first-order valence-corrected chi connectivity index (χ1v) is 6.14. The van der Waals surface area contributed by atoms with Gasteiger partial charge >= 0.3 is 0 Å². The number of nitrogens with zero attached hydrogens (tertiary/aromatic N) is 3. The zero-order valence-corrected chi connectivity index (χ0v) is 10.5. The minimum absolute atomic E-state index is 0.608. The van der Waals surface area contributed by atoms with Gasteiger partial charge < -0.3 is 15.0 Å². The molecule has 0 spiro atoms. The molecule has 0 unspecified atom stereocenters. The largest absolute Gasteiger partial charge is 0.378 e. The van der Waals surface area contributed by atoms with Crippen LogP contribution < -0.4 is 10.2 Å². The highest BCUT2D eigenvalue weighted by Crippen LogP contribution is 2.15. The predicted molar refractivity (Wildman–Crippen MR) is 68.4 cm³/mol. The highest BCUT2D eigenvalue weighted by atomic mass is 16.5. The molecule has 1 aliphatic heterocycles. The van der Waals surface area contributed by atoms with Gasteiger partial charge in [0.25, 0.3) is 0 Å². The molecule has 0 atom stereocenters. The zero-order valence-electron chi connectivity index (χ0n) is 10.5. The number of aromatic nitrogens is 2. The van der Waals surface area contributed by atoms with E-state index < -0.39 is 0 Å². The van der Waals surface area contributed by atoms with E-state index in [1.165, 1.54) is 0 Å². The molecule has 1 saturated heterocycles. The van der Waals surface area contributed by atoms with Gasteiger partial charge in [-0.3, -0.25) is 0 Å². The molecule has 0 aliphatic carbocycles. The van der Waals surface area contributed by atoms with Gasteiger partial charge in [0.05, 0.1) is 13.2 Å². The molecule has 2 rings (SSSR count). The summed E-state index contributed by atoms with van der Waals surface area (Å²) in [6, 6.07) is 2.01. The number of rotatable bonds is 4. The summed E-state index contributed by atoms with van der Waals surface area (Å²) >= 11 is 0. The van der Waals surface area contributed by atoms with Crippen LogP contribution in [-0.4, -0.2) is 42.8 Å². The van der Waals surface area contributed by atoms with Crippen LogP contribution in [0.2, 0.25) is 0 Å². The van der Waals surface area contributed by atoms with Gasteiger partial charge in [0, 0.05) is 25.7 Å². The minimum atomic E-state index is 0.608. The van der Waals surface area contributed by atoms with Crippen molar-refractivity contribution in [1.29, 1.82) is 0 Å². The molecule has 0 amide bonds. The van der Waals surface area contributed by atoms with Crippen molar-refractivity contribution in [2.75, 3.05) is 43.1 Å². The molecule has 1 fully saturated rings. The fourth-order valence-electron chi connectivity index (χ4n) is 1.72. The average molecular weight is 236 g/mol. The maximum atomic E-state index is 5.33. The van der Waals surface area contributed by atoms with Crippen molar-refractivity contribution in [3.8, 4) is 0 Å². The van der Waals surface area contributed by atoms with E-state index in [0.717, 1.165) is 44.5 Å². The molecule has 0 bridgehead atoms. The molecular formula is C12H20N4O. The van der Waals surface area contributed by atoms with Crippen molar-refractivity contribution >= 4 is 11.6 Å². The molecule has 0 saturated carbocycles. The second kappa shape index (κ2) is 5.82. The maximum absolute atomic E-state index is 5.33. The first kappa shape index (κ1) is 12.1. The molecule has 1 aromatic rings. The third-order valence-corrected chi connectivity index (χ3v) is 2.68. The number of morpholine rings is 1. The van der Waals surface area contributed by atoms with Gasteiger partial charge in [0.15, 0.2) is 0 Å². The minimum Gasteiger partial charge on any atom is -0.378 e. The number of ether oxygens (including phenoxy) is 1. The Hall–Kier alpha value is -1.36. The van der Waals surface area contributed by atoms with Crippen LogP contribution in [0.5, 0.6) is 0 Å². The summed E-state index contributed by atoms with van der Waals surface area (Å²) in [5, 5.41) is 3.31. The summed E-state index contributed by atoms with van der Waals surface area (Å²) in [5.74, 6) is 2.49. The Morgan fingerprint density at radius 2 is 2.12 bits per heavy atom. The normalized spacial score (nSPS) is 16.3. The van der Waals surface area contributed by atoms with Crippen LogP contribution in [0.3, 0.4) is 0 Å². The molecule has 1 aromatic heterocycles. The topological polar surface area (TPSA) is 50.3 Å². The summed E-state index contributed by atoms with van der Waals surface area (Å²) < 4.78 is 5.33. The van der Waals surface area contributed by atoms with Gasteiger partial charge in [0.1, 0.15) is 18.0 Å². The van der Waals surface area contributed by atoms with Crippen LogP contribution in [0.1, 0.15) is 13.8 Å². The van der Waals surface area contributed by atoms with E-state index in [2.05, 4.69) is 34.0 Å². The highest BCUT2D eigenvalue weighted by Gasteiger charge is 2.12. The number of hydrogen-bond donors (Lipinski definition) is 1. The molecule has 17 heavy (non-hydrogen) atoms. The first-order valence-electron chi connectivity index (χ1n) is 6.14. The first-order chi connectivity index (χ1) is 8.25. The van der Waals surface area contributed by atoms with E-state index >= 15 is 0 Å². The lowest BCUT2D eigenvalue weighted by molar-refractivity contribution is 0.122. The Labute approximate surface area is 102 Å². The second-order valence-electron chi connectivity index (χ2n) is 4.64. The van der Waals surface area contributed by atoms with Gasteiger partial charge in [-0.15, -0.1) is 0 Å². The standard InChI is InChI=1S/C12H20N4O/c1-10(2)8-13-11-7-12(15-9-14-11)16-3-5-17-6-4-16/h7,9-10H,3-6,8H2,1-2H3,(H,13,14,15). The summed E-state index contributed by atoms with van der Waals surface area (Å²) in [6.07, 6.45) is 1.62. The Morgan fingerprint density at radius 1 is 1.35 bits per heavy atom. The average Bonchev–Trinajstić information content (AvgIpc) is 2.38. The molecule has 1 N–H and O–H groups in total. The van der Waals surface area contributed by atoms with E-state index in [0.29, 0.717) is 5.92 Å². The molecule has 0 radical (unpaired) electrons. The van der Waals surface area contributed by atoms with E-state index in [1.54, 1.807) is 6.33 Å². The Morgan fingerprint density at radius 3 is 2.82 bits per heavy atom. The second-order valence-corrected chi connectivity index (χ2v) is 4.64. The predicted octanol–water partition coefficient (Wildman–Crippen LogP) is 1.38. The van der Waals surface area contributed by atoms with Crippen molar-refractivity contribution in [3.63, 3.8) is 0 Å². The van der Waals surface area contributed by atoms with Gasteiger partial charge in [-0.2, -0.15) is 0 Å². The zero-order chi connectivity index (χ0) is 12.1. The van der Waals surface area contributed by atoms with E-state index in [-0.39, 0.29) is 0 Å². The smallest absolute Gasteiger partial charge is 0.134 e. The summed E-state index contributed by atoms with van der Waals surface area (Å²) in [7, 11) is 0. The number of hydrogen-bond acceptors (Lipinski definition) is 5. The van der Waals surface area contributed by atoms with Crippen LogP contribution in [0.15, 0.2) is 12.4 Å². The highest BCUT2D eigenvalue weighted by molar-refractivity contribution is 5.48. The summed E-state index contributed by atoms with van der Waals surface area (Å²) in [5.41, 5.74) is 0. The SMILES string of the molecule is CC(C)CNc1cc(N2CCOCC2)ncn1. The Balaban J connectivity index is 2.00. The van der Waals surface area contributed by atoms with Gasteiger partial charge in [0.2, 0.25) is 0 Å². The van der Waals surface area contributed by atoms with Gasteiger partial charge in [-0.1, -0.05) is 13.8 Å². The van der Waals surface area contributed by atoms with Crippen molar-refractivity contribution in [3.05, 3.63) is 12.4 Å². The lowest BCUT2D eigenvalue weighted by Gasteiger charge is -2.27. The molecule has 5 heteroatoms. The number of nitrogens with one attached hydrogen (secondary N) is 1. The van der Waals surface area contributed by atoms with Gasteiger partial charge in [-0.25, -0.2) is 9.97 Å². The molecule has 0 aromatic carbocycles. The lowest BCUT2D eigenvalue weighted by Crippen LogP contribution is -2.36. The lowest BCUT2D eigenvalue weighted by atomic mass is 10.2. The van der Waals surface area contributed by atoms with Crippen LogP contribution in [0.4, 0.5) is 11.6 Å². The van der Waals surface area contributed by atoms with Crippen LogP contribution in [-0.2, 0) is 4.74 Å². The van der Waals surface area contributed by atoms with Crippen molar-refractivity contribution in [1.82, 2.24) is 9.97 Å². The fraction of sp³-hybridized carbons (Fsp3) is 0.667. The molecule has 5 nitrogen and oxygen atoms in total. The quantitative estimate of drug-likeness (QED) is 0.856. The maximum Gasteiger partial charge on any atom is 0.134 e. The third-order valence-electron chi connectivity index (χ3n) is 2.68. The van der Waals surface area contributed by atoms with Crippen LogP contribution in [0, 0.1) is 5.92 Å². The van der Waals surface area contributed by atoms with Crippen LogP contribution in [0.25, 0.3) is 0 Å². The summed E-state index contributed by atoms with van der Waals surface area (Å²) in [4.78, 5) is 10.8. The fourth-order valence-corrected chi connectivity index (χ4v) is 1.72. The van der Waals surface area contributed by atoms with E-state index in [4.69, 9.17) is 4.74 Å². The summed E-state index contributed by atoms with van der Waals surface area (Å²) in [6.45, 7) is 8.65. The molecule has 1 aliphatic rings. The van der Waals surface area contributed by atoms with E-state index in [9.17, 15) is 0 Å². The third kappa shape index (κ3) is 3.56. The van der Waals surface area contributed by atoms with Gasteiger partial charge in [-0.05, 0) is 5.92 Å². The van der Waals surface area contributed by atoms with Crippen molar-refractivity contribution in [2.45, 2.75) is 13.8 Å². The van der Waals surface area contributed by atoms with E-state index in [1.807, 2.05) is 6.07 Å². The molecule has 94 valence electrons. The Kier molecular flexibility index (Phi) is 4.14. The van der Waals surface area contributed by atoms with Crippen LogP contribution >= 0.6 is 0 Å². The monoisotopic (exact) mass is 236 g/mol. The number of anilines is 2. The molecule has 2 heterocycles. The van der Waals surface area contributed by atoms with Crippen molar-refractivity contribution in [2.24, 2.45) is 5.92 Å². The Bertz CT molecular complexity index is 350. The molecular weight excluding hydrogens is 216 g/mol. The van der Waals surface area contributed by atoms with Crippen molar-refractivity contribution < 1.29 is 4.74 Å².